The van der Waals surface area contributed by atoms with Crippen molar-refractivity contribution in [3.8, 4) is 0 Å². The van der Waals surface area contributed by atoms with Crippen LogP contribution in [0.2, 0.25) is 0 Å². The van der Waals surface area contributed by atoms with Crippen LogP contribution in [0.4, 0.5) is 0 Å². The van der Waals surface area contributed by atoms with Crippen LogP contribution < -0.4 is 0 Å². The predicted molar refractivity (Wildman–Crippen MR) is 103 cm³/mol. The van der Waals surface area contributed by atoms with Gasteiger partial charge in [0.25, 0.3) is 0 Å². The van der Waals surface area contributed by atoms with Crippen LogP contribution >= 0.6 is 0 Å². The summed E-state index contributed by atoms with van der Waals surface area (Å²) in [5.41, 5.74) is -0.0290. The SMILES string of the molecule is CCOC(=O)C1CCC2C3CCC4CC(O)CCC4(C)C3CCC2(C)C1=O. The summed E-state index contributed by atoms with van der Waals surface area (Å²) in [5.74, 6) is 1.64. The number of rotatable bonds is 2. The number of ketones is 1. The minimum atomic E-state index is -0.542. The quantitative estimate of drug-likeness (QED) is 0.581. The first-order valence-electron chi connectivity index (χ1n) is 11.2. The summed E-state index contributed by atoms with van der Waals surface area (Å²) in [7, 11) is 0. The molecule has 0 saturated heterocycles. The Morgan fingerprint density at radius 1 is 1.07 bits per heavy atom. The molecule has 0 heterocycles. The van der Waals surface area contributed by atoms with E-state index in [0.29, 0.717) is 42.1 Å². The molecule has 0 amide bonds. The number of hydrogen-bond acceptors (Lipinski definition) is 4. The third-order valence-corrected chi connectivity index (χ3v) is 9.24. The maximum absolute atomic E-state index is 13.3. The van der Waals surface area contributed by atoms with E-state index < -0.39 is 5.92 Å². The van der Waals surface area contributed by atoms with Crippen LogP contribution in [0.3, 0.4) is 0 Å². The van der Waals surface area contributed by atoms with Gasteiger partial charge in [-0.2, -0.15) is 0 Å². The van der Waals surface area contributed by atoms with E-state index >= 15 is 0 Å². The lowest BCUT2D eigenvalue weighted by molar-refractivity contribution is -0.171. The summed E-state index contributed by atoms with van der Waals surface area (Å²) in [6.45, 7) is 6.76. The summed E-state index contributed by atoms with van der Waals surface area (Å²) in [6.07, 6.45) is 8.95. The van der Waals surface area contributed by atoms with Crippen LogP contribution in [-0.2, 0) is 14.3 Å². The van der Waals surface area contributed by atoms with Crippen molar-refractivity contribution in [2.75, 3.05) is 6.61 Å². The maximum atomic E-state index is 13.3. The van der Waals surface area contributed by atoms with E-state index in [0.717, 1.165) is 38.5 Å². The Balaban J connectivity index is 1.57. The molecule has 4 aliphatic carbocycles. The molecule has 8 atom stereocenters. The number of ether oxygens (including phenoxy) is 1. The van der Waals surface area contributed by atoms with Crippen molar-refractivity contribution in [3.63, 3.8) is 0 Å². The number of hydrogen-bond donors (Lipinski definition) is 1. The van der Waals surface area contributed by atoms with Gasteiger partial charge < -0.3 is 9.84 Å². The first-order chi connectivity index (χ1) is 12.8. The molecule has 1 N–H and O–H groups in total. The molecule has 4 fully saturated rings. The molecule has 4 heteroatoms. The van der Waals surface area contributed by atoms with Gasteiger partial charge in [-0.25, -0.2) is 0 Å². The second-order valence-corrected chi connectivity index (χ2v) is 10.3. The number of Topliss-reactive ketones (excluding diaryl/α,β-unsaturated/α-hetero) is 1. The van der Waals surface area contributed by atoms with Gasteiger partial charge in [-0.15, -0.1) is 0 Å². The topological polar surface area (TPSA) is 63.6 Å². The Labute approximate surface area is 163 Å². The Bertz CT molecular complexity index is 615. The molecule has 4 saturated carbocycles. The molecule has 27 heavy (non-hydrogen) atoms. The Morgan fingerprint density at radius 2 is 1.85 bits per heavy atom. The number of fused-ring (bicyclic) bond motifs is 5. The summed E-state index contributed by atoms with van der Waals surface area (Å²) >= 11 is 0. The molecule has 4 rings (SSSR count). The normalized spacial score (nSPS) is 49.6. The van der Waals surface area contributed by atoms with Gasteiger partial charge in [-0.05, 0) is 93.8 Å². The molecule has 0 spiro atoms. The van der Waals surface area contributed by atoms with Crippen molar-refractivity contribution in [2.45, 2.75) is 84.7 Å². The van der Waals surface area contributed by atoms with Crippen molar-refractivity contribution in [1.29, 1.82) is 0 Å². The standard InChI is InChI=1S/C23H36O4/c1-4-27-21(26)17-7-8-18-16-6-5-14-13-15(24)9-11-22(14,2)19(16)10-12-23(18,3)20(17)25/h14-19,24H,4-13H2,1-3H3. The van der Waals surface area contributed by atoms with Crippen molar-refractivity contribution in [1.82, 2.24) is 0 Å². The molecule has 0 radical (unpaired) electrons. The lowest BCUT2D eigenvalue weighted by Gasteiger charge is -2.62. The highest BCUT2D eigenvalue weighted by atomic mass is 16.5. The number of carbonyl (C=O) groups is 2. The first-order valence-corrected chi connectivity index (χ1v) is 11.2. The average molecular weight is 377 g/mol. The van der Waals surface area contributed by atoms with Gasteiger partial charge in [0, 0.05) is 5.41 Å². The van der Waals surface area contributed by atoms with Crippen LogP contribution in [0.1, 0.15) is 78.6 Å². The maximum Gasteiger partial charge on any atom is 0.316 e. The molecule has 0 aromatic carbocycles. The van der Waals surface area contributed by atoms with Gasteiger partial charge in [0.2, 0.25) is 0 Å². The van der Waals surface area contributed by atoms with Crippen LogP contribution in [0.25, 0.3) is 0 Å². The summed E-state index contributed by atoms with van der Waals surface area (Å²) in [4.78, 5) is 25.7. The van der Waals surface area contributed by atoms with E-state index in [-0.39, 0.29) is 23.3 Å². The smallest absolute Gasteiger partial charge is 0.316 e. The zero-order valence-corrected chi connectivity index (χ0v) is 17.2. The van der Waals surface area contributed by atoms with Gasteiger partial charge in [-0.1, -0.05) is 13.8 Å². The van der Waals surface area contributed by atoms with Gasteiger partial charge in [0.05, 0.1) is 12.7 Å². The minimum Gasteiger partial charge on any atom is -0.465 e. The lowest BCUT2D eigenvalue weighted by Crippen LogP contribution is -2.58. The van der Waals surface area contributed by atoms with Crippen LogP contribution in [0.5, 0.6) is 0 Å². The third-order valence-electron chi connectivity index (χ3n) is 9.24. The van der Waals surface area contributed by atoms with E-state index in [1.54, 1.807) is 6.92 Å². The van der Waals surface area contributed by atoms with E-state index in [1.807, 2.05) is 0 Å². The van der Waals surface area contributed by atoms with Crippen LogP contribution in [0.15, 0.2) is 0 Å². The number of carbonyl (C=O) groups excluding carboxylic acids is 2. The van der Waals surface area contributed by atoms with E-state index in [1.165, 1.54) is 12.8 Å². The lowest BCUT2D eigenvalue weighted by atomic mass is 9.42. The number of esters is 1. The molecule has 4 nitrogen and oxygen atoms in total. The van der Waals surface area contributed by atoms with Crippen molar-refractivity contribution in [2.24, 2.45) is 40.4 Å². The minimum absolute atomic E-state index is 0.116. The zero-order chi connectivity index (χ0) is 19.4. The fourth-order valence-corrected chi connectivity index (χ4v) is 7.74. The second kappa shape index (κ2) is 6.86. The highest BCUT2D eigenvalue weighted by Gasteiger charge is 2.61. The molecule has 8 unspecified atom stereocenters. The van der Waals surface area contributed by atoms with Gasteiger partial charge in [-0.3, -0.25) is 9.59 Å². The van der Waals surface area contributed by atoms with Crippen molar-refractivity contribution >= 4 is 11.8 Å². The van der Waals surface area contributed by atoms with Gasteiger partial charge in [0.15, 0.2) is 5.78 Å². The second-order valence-electron chi connectivity index (χ2n) is 10.3. The van der Waals surface area contributed by atoms with Crippen LogP contribution in [0, 0.1) is 40.4 Å². The molecule has 152 valence electrons. The summed E-state index contributed by atoms with van der Waals surface area (Å²) < 4.78 is 5.20. The number of aliphatic hydroxyl groups excluding tert-OH is 1. The third kappa shape index (κ3) is 2.89. The Morgan fingerprint density at radius 3 is 2.59 bits per heavy atom. The number of aliphatic hydroxyl groups is 1. The van der Waals surface area contributed by atoms with Crippen molar-refractivity contribution in [3.05, 3.63) is 0 Å². The predicted octanol–water partition coefficient (Wildman–Crippen LogP) is 4.14. The van der Waals surface area contributed by atoms with E-state index in [9.17, 15) is 14.7 Å². The van der Waals surface area contributed by atoms with Gasteiger partial charge >= 0.3 is 5.97 Å². The molecular weight excluding hydrogens is 340 g/mol. The Kier molecular flexibility index (Phi) is 4.93. The fraction of sp³-hybridized carbons (Fsp3) is 0.913. The van der Waals surface area contributed by atoms with E-state index in [4.69, 9.17) is 4.74 Å². The zero-order valence-electron chi connectivity index (χ0n) is 17.2. The summed E-state index contributed by atoms with van der Waals surface area (Å²) in [6, 6.07) is 0. The van der Waals surface area contributed by atoms with Crippen molar-refractivity contribution < 1.29 is 19.4 Å². The molecule has 0 aromatic heterocycles. The monoisotopic (exact) mass is 376 g/mol. The molecule has 0 aromatic rings. The molecule has 0 aliphatic heterocycles. The largest absolute Gasteiger partial charge is 0.465 e. The Hall–Kier alpha value is -0.900. The average Bonchev–Trinajstić information content (AvgIpc) is 2.63. The highest BCUT2D eigenvalue weighted by Crippen LogP contribution is 2.65. The first kappa shape index (κ1) is 19.4. The highest BCUT2D eigenvalue weighted by molar-refractivity contribution is 6.02. The fourth-order valence-electron chi connectivity index (χ4n) is 7.74. The molecule has 0 bridgehead atoms. The van der Waals surface area contributed by atoms with Gasteiger partial charge in [0.1, 0.15) is 5.92 Å². The molecular formula is C23H36O4. The van der Waals surface area contributed by atoms with E-state index in [2.05, 4.69) is 13.8 Å². The molecule has 4 aliphatic rings. The van der Waals surface area contributed by atoms with Crippen LogP contribution in [-0.4, -0.2) is 29.6 Å². The summed E-state index contributed by atoms with van der Waals surface area (Å²) in [5, 5.41) is 10.2.